The number of benzene rings is 3. The molecule has 242 valence electrons. The molecule has 3 N–H and O–H groups in total. The van der Waals surface area contributed by atoms with Gasteiger partial charge in [-0.05, 0) is 48.2 Å². The highest BCUT2D eigenvalue weighted by atomic mass is 16.5. The molecule has 0 saturated carbocycles. The van der Waals surface area contributed by atoms with E-state index in [1.54, 1.807) is 12.3 Å². The molecule has 48 heavy (non-hydrogen) atoms. The van der Waals surface area contributed by atoms with Crippen LogP contribution >= 0.6 is 0 Å². The molecule has 0 unspecified atom stereocenters. The number of carbonyl (C=O) groups excluding carboxylic acids is 2. The number of hydrogen-bond acceptors (Lipinski definition) is 9. The Bertz CT molecular complexity index is 2110. The second-order valence-corrected chi connectivity index (χ2v) is 11.6. The van der Waals surface area contributed by atoms with Crippen molar-refractivity contribution in [2.75, 3.05) is 50.0 Å². The SMILES string of the molecule is O=C(/C=C/C(=O)Nc1cc2c(Nc3cccc4cc5c(cnn5Cc5ccccc5)cc34)ncnc2cn1)NCCCN1CCOCC1. The molecule has 3 aromatic carbocycles. The van der Waals surface area contributed by atoms with Gasteiger partial charge < -0.3 is 20.7 Å². The van der Waals surface area contributed by atoms with Crippen LogP contribution in [0.1, 0.15) is 12.0 Å². The third-order valence-corrected chi connectivity index (χ3v) is 8.28. The summed E-state index contributed by atoms with van der Waals surface area (Å²) in [5.41, 5.74) is 3.72. The fraction of sp³-hybridized carbons (Fsp3) is 0.222. The zero-order valence-corrected chi connectivity index (χ0v) is 26.3. The number of nitrogens with zero attached hydrogens (tertiary/aromatic N) is 6. The smallest absolute Gasteiger partial charge is 0.249 e. The zero-order valence-electron chi connectivity index (χ0n) is 26.3. The third-order valence-electron chi connectivity index (χ3n) is 8.28. The van der Waals surface area contributed by atoms with Gasteiger partial charge in [0.25, 0.3) is 0 Å². The van der Waals surface area contributed by atoms with Crippen LogP contribution in [0.3, 0.4) is 0 Å². The fourth-order valence-corrected chi connectivity index (χ4v) is 5.81. The Kier molecular flexibility index (Phi) is 9.25. The molecule has 1 aliphatic heterocycles. The Morgan fingerprint density at radius 2 is 1.71 bits per heavy atom. The van der Waals surface area contributed by atoms with Gasteiger partial charge in [0.05, 0.1) is 43.2 Å². The summed E-state index contributed by atoms with van der Waals surface area (Å²) in [6.07, 6.45) is 8.20. The van der Waals surface area contributed by atoms with Gasteiger partial charge in [-0.15, -0.1) is 0 Å². The molecule has 2 amide bonds. The van der Waals surface area contributed by atoms with Crippen molar-refractivity contribution < 1.29 is 14.3 Å². The lowest BCUT2D eigenvalue weighted by atomic mass is 10.1. The molecule has 0 atom stereocenters. The van der Waals surface area contributed by atoms with E-state index in [-0.39, 0.29) is 5.91 Å². The molecular weight excluding hydrogens is 606 g/mol. The van der Waals surface area contributed by atoms with Crippen LogP contribution in [0.4, 0.5) is 17.3 Å². The Morgan fingerprint density at radius 3 is 2.58 bits per heavy atom. The van der Waals surface area contributed by atoms with Crippen LogP contribution in [-0.4, -0.2) is 80.8 Å². The molecule has 0 aliphatic carbocycles. The first-order valence-electron chi connectivity index (χ1n) is 16.0. The number of anilines is 3. The maximum Gasteiger partial charge on any atom is 0.249 e. The quantitative estimate of drug-likeness (QED) is 0.136. The topological polar surface area (TPSA) is 139 Å². The lowest BCUT2D eigenvalue weighted by Crippen LogP contribution is -2.38. The number of morpholine rings is 1. The lowest BCUT2D eigenvalue weighted by molar-refractivity contribution is -0.117. The Balaban J connectivity index is 1.03. The standard InChI is InChI=1S/C36H35N9O3/c46-34(37-12-5-13-44-14-16-48-17-15-44)10-11-35(47)43-33-20-29-31(22-38-33)39-24-40-36(29)42-30-9-4-8-26-19-32-27(18-28(26)30)21-41-45(32)23-25-6-2-1-3-7-25/h1-4,6-11,18-22,24H,5,12-17,23H2,(H,37,46)(H,38,43,47)(H,39,40,42)/b11-10+. The summed E-state index contributed by atoms with van der Waals surface area (Å²) in [7, 11) is 0. The fourth-order valence-electron chi connectivity index (χ4n) is 5.81. The van der Waals surface area contributed by atoms with Crippen LogP contribution in [0, 0.1) is 0 Å². The van der Waals surface area contributed by atoms with Crippen LogP contribution in [0.5, 0.6) is 0 Å². The number of fused-ring (bicyclic) bond motifs is 3. The number of ether oxygens (including phenoxy) is 1. The summed E-state index contributed by atoms with van der Waals surface area (Å²) in [5, 5.41) is 17.5. The van der Waals surface area contributed by atoms with E-state index < -0.39 is 5.91 Å². The molecule has 1 fully saturated rings. The minimum absolute atomic E-state index is 0.311. The van der Waals surface area contributed by atoms with Gasteiger partial charge in [-0.2, -0.15) is 5.10 Å². The summed E-state index contributed by atoms with van der Waals surface area (Å²) in [4.78, 5) is 40.4. The van der Waals surface area contributed by atoms with E-state index in [2.05, 4.69) is 71.2 Å². The van der Waals surface area contributed by atoms with Crippen molar-refractivity contribution in [3.63, 3.8) is 0 Å². The van der Waals surface area contributed by atoms with Gasteiger partial charge in [-0.3, -0.25) is 19.2 Å². The highest BCUT2D eigenvalue weighted by Gasteiger charge is 2.13. The second kappa shape index (κ2) is 14.4. The normalized spacial score (nSPS) is 13.8. The zero-order chi connectivity index (χ0) is 32.7. The number of aromatic nitrogens is 5. The van der Waals surface area contributed by atoms with E-state index in [9.17, 15) is 9.59 Å². The van der Waals surface area contributed by atoms with Crippen molar-refractivity contribution in [3.8, 4) is 0 Å². The summed E-state index contributed by atoms with van der Waals surface area (Å²) in [6.45, 7) is 5.44. The largest absolute Gasteiger partial charge is 0.379 e. The first-order chi connectivity index (χ1) is 23.6. The van der Waals surface area contributed by atoms with Gasteiger partial charge >= 0.3 is 0 Å². The van der Waals surface area contributed by atoms with Crippen LogP contribution in [0.2, 0.25) is 0 Å². The number of nitrogens with one attached hydrogen (secondary N) is 3. The van der Waals surface area contributed by atoms with Gasteiger partial charge in [-0.25, -0.2) is 15.0 Å². The number of hydrogen-bond donors (Lipinski definition) is 3. The van der Waals surface area contributed by atoms with Crippen molar-refractivity contribution >= 4 is 61.7 Å². The molecule has 1 aliphatic rings. The number of carbonyl (C=O) groups is 2. The maximum atomic E-state index is 12.6. The first kappa shape index (κ1) is 30.9. The maximum absolute atomic E-state index is 12.6. The highest BCUT2D eigenvalue weighted by Crippen LogP contribution is 2.32. The molecule has 3 aromatic heterocycles. The van der Waals surface area contributed by atoms with Crippen molar-refractivity contribution in [2.24, 2.45) is 0 Å². The average molecular weight is 642 g/mol. The van der Waals surface area contributed by atoms with E-state index in [1.807, 2.05) is 41.2 Å². The summed E-state index contributed by atoms with van der Waals surface area (Å²) in [6, 6.07) is 22.3. The van der Waals surface area contributed by atoms with Crippen molar-refractivity contribution in [2.45, 2.75) is 13.0 Å². The number of rotatable bonds is 11. The molecule has 0 spiro atoms. The van der Waals surface area contributed by atoms with Crippen molar-refractivity contribution in [3.05, 3.63) is 103 Å². The Labute approximate surface area is 276 Å². The van der Waals surface area contributed by atoms with E-state index in [4.69, 9.17) is 4.74 Å². The Morgan fingerprint density at radius 1 is 0.854 bits per heavy atom. The molecule has 0 bridgehead atoms. The molecule has 7 rings (SSSR count). The van der Waals surface area contributed by atoms with Gasteiger partial charge in [0, 0.05) is 53.6 Å². The third kappa shape index (κ3) is 7.30. The van der Waals surface area contributed by atoms with E-state index in [1.165, 1.54) is 24.0 Å². The highest BCUT2D eigenvalue weighted by molar-refractivity contribution is 6.06. The molecule has 12 heteroatoms. The second-order valence-electron chi connectivity index (χ2n) is 11.6. The minimum atomic E-state index is -0.470. The van der Waals surface area contributed by atoms with E-state index in [0.29, 0.717) is 35.6 Å². The predicted molar refractivity (Wildman–Crippen MR) is 186 cm³/mol. The van der Waals surface area contributed by atoms with E-state index >= 15 is 0 Å². The van der Waals surface area contributed by atoms with Crippen LogP contribution in [0.25, 0.3) is 32.6 Å². The lowest BCUT2D eigenvalue weighted by Gasteiger charge is -2.26. The molecule has 6 aromatic rings. The predicted octanol–water partition coefficient (Wildman–Crippen LogP) is 4.65. The van der Waals surface area contributed by atoms with Crippen molar-refractivity contribution in [1.82, 2.24) is 34.9 Å². The van der Waals surface area contributed by atoms with Gasteiger partial charge in [0.15, 0.2) is 0 Å². The van der Waals surface area contributed by atoms with Gasteiger partial charge in [0.1, 0.15) is 18.0 Å². The average Bonchev–Trinajstić information content (AvgIpc) is 3.50. The van der Waals surface area contributed by atoms with Gasteiger partial charge in [-0.1, -0.05) is 42.5 Å². The summed E-state index contributed by atoms with van der Waals surface area (Å²) < 4.78 is 7.37. The number of amides is 2. The minimum Gasteiger partial charge on any atom is -0.379 e. The van der Waals surface area contributed by atoms with Crippen LogP contribution < -0.4 is 16.0 Å². The first-order valence-corrected chi connectivity index (χ1v) is 16.0. The summed E-state index contributed by atoms with van der Waals surface area (Å²) >= 11 is 0. The molecule has 1 saturated heterocycles. The van der Waals surface area contributed by atoms with Crippen molar-refractivity contribution in [1.29, 1.82) is 0 Å². The van der Waals surface area contributed by atoms with Crippen LogP contribution in [-0.2, 0) is 20.9 Å². The van der Waals surface area contributed by atoms with Gasteiger partial charge in [0.2, 0.25) is 11.8 Å². The molecule has 0 radical (unpaired) electrons. The Hall–Kier alpha value is -5.72. The van der Waals surface area contributed by atoms with Crippen LogP contribution in [0.15, 0.2) is 97.6 Å². The van der Waals surface area contributed by atoms with E-state index in [0.717, 1.165) is 66.6 Å². The number of pyridine rings is 1. The molecule has 4 heterocycles. The molecule has 12 nitrogen and oxygen atoms in total. The monoisotopic (exact) mass is 641 g/mol. The molecular formula is C36H35N9O3. The summed E-state index contributed by atoms with van der Waals surface area (Å²) in [5.74, 6) is 0.0839.